The maximum absolute atomic E-state index is 13.2. The number of aldehydes is 1. The van der Waals surface area contributed by atoms with Gasteiger partial charge in [0.15, 0.2) is 11.9 Å². The molecule has 3 rings (SSSR count). The molecule has 0 aliphatic heterocycles. The molecule has 1 N–H and O–H groups in total. The van der Waals surface area contributed by atoms with Crippen LogP contribution in [0.15, 0.2) is 30.5 Å². The molecule has 0 saturated carbocycles. The molecule has 0 amide bonds. The summed E-state index contributed by atoms with van der Waals surface area (Å²) in [6.07, 6.45) is 2.61. The van der Waals surface area contributed by atoms with Gasteiger partial charge in [-0.1, -0.05) is 6.07 Å². The van der Waals surface area contributed by atoms with Crippen LogP contribution in [0.3, 0.4) is 0 Å². The zero-order valence-electron chi connectivity index (χ0n) is 13.4. The first-order chi connectivity index (χ1) is 11.0. The number of pyridine rings is 1. The van der Waals surface area contributed by atoms with Gasteiger partial charge in [-0.15, -0.1) is 0 Å². The van der Waals surface area contributed by atoms with Crippen LogP contribution in [0.1, 0.15) is 32.9 Å². The highest BCUT2D eigenvalue weighted by Gasteiger charge is 2.11. The zero-order valence-corrected chi connectivity index (χ0v) is 13.4. The van der Waals surface area contributed by atoms with Crippen molar-refractivity contribution >= 4 is 17.6 Å². The molecule has 4 nitrogen and oxygen atoms in total. The maximum atomic E-state index is 13.2. The minimum Gasteiger partial charge on any atom is -0.378 e. The first-order valence-corrected chi connectivity index (χ1v) is 7.43. The Labute approximate surface area is 134 Å². The molecule has 1 aromatic carbocycles. The summed E-state index contributed by atoms with van der Waals surface area (Å²) in [5.74, 6) is -0.240. The summed E-state index contributed by atoms with van der Waals surface area (Å²) in [7, 11) is 0. The summed E-state index contributed by atoms with van der Waals surface area (Å²) in [6, 6.07) is 6.51. The Morgan fingerprint density at radius 3 is 2.74 bits per heavy atom. The average molecular weight is 311 g/mol. The van der Waals surface area contributed by atoms with E-state index in [9.17, 15) is 9.18 Å². The summed E-state index contributed by atoms with van der Waals surface area (Å²) in [5, 5.41) is 3.31. The average Bonchev–Trinajstić information content (AvgIpc) is 2.81. The molecule has 118 valence electrons. The molecule has 3 aromatic rings. The van der Waals surface area contributed by atoms with Crippen LogP contribution < -0.4 is 5.32 Å². The fourth-order valence-electron chi connectivity index (χ4n) is 2.63. The normalized spacial score (nSPS) is 11.0. The Morgan fingerprint density at radius 2 is 2.04 bits per heavy atom. The van der Waals surface area contributed by atoms with Gasteiger partial charge in [0.25, 0.3) is 0 Å². The van der Waals surface area contributed by atoms with E-state index in [1.807, 2.05) is 25.2 Å². The van der Waals surface area contributed by atoms with E-state index in [4.69, 9.17) is 0 Å². The molecule has 2 heterocycles. The van der Waals surface area contributed by atoms with Crippen molar-refractivity contribution in [2.75, 3.05) is 5.32 Å². The molecule has 0 fully saturated rings. The number of aromatic nitrogens is 2. The van der Waals surface area contributed by atoms with Crippen molar-refractivity contribution in [1.29, 1.82) is 0 Å². The third kappa shape index (κ3) is 2.82. The van der Waals surface area contributed by atoms with E-state index in [0.717, 1.165) is 40.1 Å². The van der Waals surface area contributed by atoms with E-state index >= 15 is 0 Å². The molecular weight excluding hydrogens is 293 g/mol. The second-order valence-electron chi connectivity index (χ2n) is 5.71. The van der Waals surface area contributed by atoms with Gasteiger partial charge in [0.05, 0.1) is 11.4 Å². The minimum absolute atomic E-state index is 0.240. The summed E-state index contributed by atoms with van der Waals surface area (Å²) in [4.78, 5) is 15.7. The van der Waals surface area contributed by atoms with Crippen LogP contribution in [0.2, 0.25) is 0 Å². The van der Waals surface area contributed by atoms with Gasteiger partial charge in [-0.3, -0.25) is 4.79 Å². The molecule has 0 unspecified atom stereocenters. The van der Waals surface area contributed by atoms with Crippen LogP contribution in [-0.2, 0) is 6.54 Å². The standard InChI is InChI=1S/C18H18FN3O/c1-11-6-16(19)5-4-15(11)8-20-17-7-14(10-23)9-22-13(3)12(2)21-18(17)22/h4-7,9-10,20H,8H2,1-3H3. The van der Waals surface area contributed by atoms with E-state index in [0.29, 0.717) is 12.1 Å². The highest BCUT2D eigenvalue weighted by molar-refractivity contribution is 5.81. The van der Waals surface area contributed by atoms with Crippen LogP contribution in [-0.4, -0.2) is 15.7 Å². The smallest absolute Gasteiger partial charge is 0.160 e. The number of aryl methyl sites for hydroxylation is 3. The number of anilines is 1. The van der Waals surface area contributed by atoms with Gasteiger partial charge in [0, 0.05) is 24.0 Å². The predicted molar refractivity (Wildman–Crippen MR) is 88.5 cm³/mol. The molecule has 0 atom stereocenters. The third-order valence-electron chi connectivity index (χ3n) is 4.13. The maximum Gasteiger partial charge on any atom is 0.160 e. The monoisotopic (exact) mass is 311 g/mol. The number of nitrogens with one attached hydrogen (secondary N) is 1. The van der Waals surface area contributed by atoms with Gasteiger partial charge < -0.3 is 9.72 Å². The number of hydrogen-bond acceptors (Lipinski definition) is 3. The van der Waals surface area contributed by atoms with Crippen LogP contribution in [0.5, 0.6) is 0 Å². The van der Waals surface area contributed by atoms with Crippen molar-refractivity contribution in [3.8, 4) is 0 Å². The molecule has 2 aromatic heterocycles. The van der Waals surface area contributed by atoms with Gasteiger partial charge in [0.1, 0.15) is 5.82 Å². The number of rotatable bonds is 4. The lowest BCUT2D eigenvalue weighted by atomic mass is 10.1. The number of benzene rings is 1. The molecule has 0 aliphatic carbocycles. The summed E-state index contributed by atoms with van der Waals surface area (Å²) in [5.41, 5.74) is 5.96. The van der Waals surface area contributed by atoms with Crippen LogP contribution in [0.4, 0.5) is 10.1 Å². The number of carbonyl (C=O) groups excluding carboxylic acids is 1. The van der Waals surface area contributed by atoms with Gasteiger partial charge in [-0.25, -0.2) is 9.37 Å². The topological polar surface area (TPSA) is 46.4 Å². The van der Waals surface area contributed by atoms with E-state index < -0.39 is 0 Å². The molecule has 0 aliphatic rings. The largest absolute Gasteiger partial charge is 0.378 e. The summed E-state index contributed by atoms with van der Waals surface area (Å²) >= 11 is 0. The Morgan fingerprint density at radius 1 is 1.26 bits per heavy atom. The minimum atomic E-state index is -0.240. The summed E-state index contributed by atoms with van der Waals surface area (Å²) < 4.78 is 15.1. The predicted octanol–water partition coefficient (Wildman–Crippen LogP) is 3.82. The van der Waals surface area contributed by atoms with Gasteiger partial charge in [-0.2, -0.15) is 0 Å². The van der Waals surface area contributed by atoms with E-state index in [1.54, 1.807) is 18.3 Å². The zero-order chi connectivity index (χ0) is 16.6. The second kappa shape index (κ2) is 5.83. The third-order valence-corrected chi connectivity index (χ3v) is 4.13. The van der Waals surface area contributed by atoms with Crippen LogP contribution in [0, 0.1) is 26.6 Å². The lowest BCUT2D eigenvalue weighted by molar-refractivity contribution is 0.112. The Balaban J connectivity index is 1.98. The molecule has 0 bridgehead atoms. The van der Waals surface area contributed by atoms with Crippen LogP contribution in [0.25, 0.3) is 5.65 Å². The number of imidazole rings is 1. The first-order valence-electron chi connectivity index (χ1n) is 7.43. The second-order valence-corrected chi connectivity index (χ2v) is 5.71. The SMILES string of the molecule is Cc1cc(F)ccc1CNc1cc(C=O)cn2c(C)c(C)nc12. The van der Waals surface area contributed by atoms with Crippen molar-refractivity contribution in [3.05, 3.63) is 64.4 Å². The molecule has 0 spiro atoms. The molecule has 0 saturated heterocycles. The molecule has 5 heteroatoms. The lowest BCUT2D eigenvalue weighted by Crippen LogP contribution is -2.05. The number of hydrogen-bond donors (Lipinski definition) is 1. The highest BCUT2D eigenvalue weighted by atomic mass is 19.1. The van der Waals surface area contributed by atoms with E-state index in [2.05, 4.69) is 10.3 Å². The number of carbonyl (C=O) groups is 1. The van der Waals surface area contributed by atoms with Crippen molar-refractivity contribution in [1.82, 2.24) is 9.38 Å². The Bertz CT molecular complexity index is 899. The Hall–Kier alpha value is -2.69. The molecule has 23 heavy (non-hydrogen) atoms. The van der Waals surface area contributed by atoms with Crippen molar-refractivity contribution in [3.63, 3.8) is 0 Å². The van der Waals surface area contributed by atoms with Crippen molar-refractivity contribution in [2.45, 2.75) is 27.3 Å². The quantitative estimate of drug-likeness (QED) is 0.745. The first kappa shape index (κ1) is 15.2. The highest BCUT2D eigenvalue weighted by Crippen LogP contribution is 2.22. The van der Waals surface area contributed by atoms with Gasteiger partial charge in [0.2, 0.25) is 0 Å². The lowest BCUT2D eigenvalue weighted by Gasteiger charge is -2.11. The molecule has 0 radical (unpaired) electrons. The number of halogens is 1. The number of nitrogens with zero attached hydrogens (tertiary/aromatic N) is 2. The fourth-order valence-corrected chi connectivity index (χ4v) is 2.63. The number of fused-ring (bicyclic) bond motifs is 1. The van der Waals surface area contributed by atoms with Crippen LogP contribution >= 0.6 is 0 Å². The Kier molecular flexibility index (Phi) is 3.86. The fraction of sp³-hybridized carbons (Fsp3) is 0.222. The van der Waals surface area contributed by atoms with Crippen molar-refractivity contribution < 1.29 is 9.18 Å². The van der Waals surface area contributed by atoms with Gasteiger partial charge >= 0.3 is 0 Å². The summed E-state index contributed by atoms with van der Waals surface area (Å²) in [6.45, 7) is 6.32. The molecular formula is C18H18FN3O. The van der Waals surface area contributed by atoms with Gasteiger partial charge in [-0.05, 0) is 50.1 Å². The van der Waals surface area contributed by atoms with Crippen molar-refractivity contribution in [2.24, 2.45) is 0 Å². The van der Waals surface area contributed by atoms with E-state index in [1.165, 1.54) is 12.1 Å². The van der Waals surface area contributed by atoms with E-state index in [-0.39, 0.29) is 5.82 Å².